The molecule has 0 saturated carbocycles. The maximum atomic E-state index is 5.54. The Labute approximate surface area is 118 Å². The van der Waals surface area contributed by atoms with Crippen LogP contribution >= 0.6 is 34.8 Å². The molecular weight excluding hydrogens is 275 g/mol. The second kappa shape index (κ2) is 11.8. The van der Waals surface area contributed by atoms with Gasteiger partial charge in [0.05, 0.1) is 5.34 Å². The van der Waals surface area contributed by atoms with E-state index < -0.39 is 0 Å². The van der Waals surface area contributed by atoms with Gasteiger partial charge in [0.15, 0.2) is 0 Å². The highest BCUT2D eigenvalue weighted by molar-refractivity contribution is 6.40. The molecule has 0 unspecified atom stereocenters. The summed E-state index contributed by atoms with van der Waals surface area (Å²) < 4.78 is 0. The predicted octanol–water partition coefficient (Wildman–Crippen LogP) is 5.76. The summed E-state index contributed by atoms with van der Waals surface area (Å²) in [5.41, 5.74) is 1.32. The molecule has 0 heterocycles. The lowest BCUT2D eigenvalue weighted by Gasteiger charge is -1.82. The van der Waals surface area contributed by atoms with Gasteiger partial charge in [0.2, 0.25) is 0 Å². The van der Waals surface area contributed by atoms with Crippen LogP contribution < -0.4 is 0 Å². The summed E-state index contributed by atoms with van der Waals surface area (Å²) in [7, 11) is 0. The van der Waals surface area contributed by atoms with Crippen LogP contribution in [0.4, 0.5) is 0 Å². The molecule has 0 bridgehead atoms. The molecule has 0 aliphatic heterocycles. The van der Waals surface area contributed by atoms with Crippen molar-refractivity contribution in [2.45, 2.75) is 6.92 Å². The minimum absolute atomic E-state index is 0.194. The fraction of sp³-hybridized carbons (Fsp3) is 0.143. The molecule has 0 nitrogen and oxygen atoms in total. The first kappa shape index (κ1) is 16.3. The molecule has 0 saturated heterocycles. The van der Waals surface area contributed by atoms with Crippen LogP contribution in [0.2, 0.25) is 5.02 Å². The van der Waals surface area contributed by atoms with Gasteiger partial charge in [0.1, 0.15) is 0 Å². The van der Waals surface area contributed by atoms with Crippen molar-refractivity contribution in [1.29, 1.82) is 0 Å². The maximum Gasteiger partial charge on any atom is 0.0967 e. The average Bonchev–Trinajstić information content (AvgIpc) is 2.33. The fourth-order valence-electron chi connectivity index (χ4n) is 0.949. The number of aryl methyl sites for hydroxylation is 1. The molecule has 2 rings (SSSR count). The molecule has 0 radical (unpaired) electrons. The number of benzene rings is 2. The quantitative estimate of drug-likeness (QED) is 0.541. The zero-order valence-corrected chi connectivity index (χ0v) is 11.9. The Morgan fingerprint density at radius 1 is 0.765 bits per heavy atom. The van der Waals surface area contributed by atoms with Crippen molar-refractivity contribution in [2.24, 2.45) is 0 Å². The monoisotopic (exact) mass is 288 g/mol. The Hall–Kier alpha value is -0.690. The van der Waals surface area contributed by atoms with Crippen LogP contribution in [0.15, 0.2) is 60.7 Å². The van der Waals surface area contributed by atoms with Gasteiger partial charge in [-0.15, -0.1) is 23.2 Å². The number of hydrogen-bond donors (Lipinski definition) is 0. The molecule has 0 aromatic heterocycles. The number of rotatable bonds is 0. The predicted molar refractivity (Wildman–Crippen MR) is 79.2 cm³/mol. The summed E-state index contributed by atoms with van der Waals surface area (Å²) in [6, 6.07) is 19.7. The summed E-state index contributed by atoms with van der Waals surface area (Å²) in [6.45, 7) is 2.08. The van der Waals surface area contributed by atoms with Gasteiger partial charge >= 0.3 is 0 Å². The van der Waals surface area contributed by atoms with Gasteiger partial charge in [-0.05, 0) is 19.1 Å². The SMILES string of the molecule is Cc1ccccc1.ClCCl.Clc1ccccc1. The van der Waals surface area contributed by atoms with E-state index in [1.165, 1.54) is 5.56 Å². The Morgan fingerprint density at radius 3 is 1.29 bits per heavy atom. The minimum Gasteiger partial charge on any atom is -0.109 e. The van der Waals surface area contributed by atoms with Gasteiger partial charge in [0, 0.05) is 5.02 Å². The summed E-state index contributed by atoms with van der Waals surface area (Å²) >= 11 is 15.1. The van der Waals surface area contributed by atoms with Crippen LogP contribution in [0, 0.1) is 6.92 Å². The van der Waals surface area contributed by atoms with Crippen molar-refractivity contribution in [3.63, 3.8) is 0 Å². The van der Waals surface area contributed by atoms with Gasteiger partial charge in [-0.1, -0.05) is 65.7 Å². The second-order valence-corrected chi connectivity index (χ2v) is 4.30. The van der Waals surface area contributed by atoms with Gasteiger partial charge in [-0.3, -0.25) is 0 Å². The van der Waals surface area contributed by atoms with E-state index in [0.29, 0.717) is 0 Å². The van der Waals surface area contributed by atoms with Crippen LogP contribution in [0.3, 0.4) is 0 Å². The molecule has 0 spiro atoms. The molecule has 0 aliphatic carbocycles. The second-order valence-electron chi connectivity index (χ2n) is 3.05. The third kappa shape index (κ3) is 11.6. The molecule has 0 atom stereocenters. The molecule has 0 fully saturated rings. The van der Waals surface area contributed by atoms with E-state index in [-0.39, 0.29) is 5.34 Å². The van der Waals surface area contributed by atoms with E-state index >= 15 is 0 Å². The Bertz CT molecular complexity index is 322. The lowest BCUT2D eigenvalue weighted by atomic mass is 10.2. The van der Waals surface area contributed by atoms with E-state index in [9.17, 15) is 0 Å². The van der Waals surface area contributed by atoms with E-state index in [2.05, 4.69) is 19.1 Å². The Kier molecular flexibility index (Phi) is 11.3. The number of alkyl halides is 2. The van der Waals surface area contributed by atoms with Gasteiger partial charge in [0.25, 0.3) is 0 Å². The van der Waals surface area contributed by atoms with Crippen LogP contribution in [0.25, 0.3) is 0 Å². The van der Waals surface area contributed by atoms with Crippen molar-refractivity contribution < 1.29 is 0 Å². The molecule has 2 aromatic rings. The lowest BCUT2D eigenvalue weighted by molar-refractivity contribution is 1.48. The molecule has 17 heavy (non-hydrogen) atoms. The third-order valence-corrected chi connectivity index (χ3v) is 1.93. The highest BCUT2D eigenvalue weighted by Crippen LogP contribution is 2.03. The van der Waals surface area contributed by atoms with Crippen LogP contribution in [-0.4, -0.2) is 5.34 Å². The molecule has 0 aliphatic rings. The first-order valence-electron chi connectivity index (χ1n) is 5.04. The zero-order valence-electron chi connectivity index (χ0n) is 9.61. The number of hydrogen-bond acceptors (Lipinski definition) is 0. The van der Waals surface area contributed by atoms with E-state index in [4.69, 9.17) is 34.8 Å². The largest absolute Gasteiger partial charge is 0.109 e. The lowest BCUT2D eigenvalue weighted by Crippen LogP contribution is -1.62. The highest BCUT2D eigenvalue weighted by Gasteiger charge is 1.75. The molecule has 3 heteroatoms. The summed E-state index contributed by atoms with van der Waals surface area (Å²) in [4.78, 5) is 0. The van der Waals surface area contributed by atoms with Gasteiger partial charge in [-0.2, -0.15) is 0 Å². The Morgan fingerprint density at radius 2 is 1.12 bits per heavy atom. The molecule has 2 aromatic carbocycles. The van der Waals surface area contributed by atoms with Crippen molar-refractivity contribution in [2.75, 3.05) is 5.34 Å². The first-order chi connectivity index (χ1) is 8.20. The highest BCUT2D eigenvalue weighted by atomic mass is 35.5. The maximum absolute atomic E-state index is 5.54. The van der Waals surface area contributed by atoms with Gasteiger partial charge in [-0.25, -0.2) is 0 Å². The first-order valence-corrected chi connectivity index (χ1v) is 6.49. The van der Waals surface area contributed by atoms with Crippen molar-refractivity contribution >= 4 is 34.8 Å². The van der Waals surface area contributed by atoms with Crippen LogP contribution in [0.5, 0.6) is 0 Å². The van der Waals surface area contributed by atoms with Crippen LogP contribution in [0.1, 0.15) is 5.56 Å². The summed E-state index contributed by atoms with van der Waals surface area (Å²) in [5, 5.41) is 0.988. The fourth-order valence-corrected chi connectivity index (χ4v) is 1.09. The average molecular weight is 290 g/mol. The molecule has 92 valence electrons. The standard InChI is InChI=1S/C7H8.C6H5Cl.CH2Cl2/c1-7-5-3-2-4-6-7;7-6-4-2-1-3-5-6;2-1-3/h2-6H,1H3;1-5H;1H2. The normalized spacial score (nSPS) is 8.24. The summed E-state index contributed by atoms with van der Waals surface area (Å²) in [6.07, 6.45) is 0. The van der Waals surface area contributed by atoms with E-state index in [1.807, 2.05) is 48.5 Å². The topological polar surface area (TPSA) is 0 Å². The van der Waals surface area contributed by atoms with Crippen molar-refractivity contribution in [3.05, 3.63) is 71.2 Å². The summed E-state index contributed by atoms with van der Waals surface area (Å²) in [5.74, 6) is 0. The van der Waals surface area contributed by atoms with Crippen LogP contribution in [-0.2, 0) is 0 Å². The third-order valence-electron chi connectivity index (χ3n) is 1.67. The molecule has 0 amide bonds. The molecule has 0 N–H and O–H groups in total. The molecular formula is C14H15Cl3. The van der Waals surface area contributed by atoms with Crippen molar-refractivity contribution in [3.8, 4) is 0 Å². The Balaban J connectivity index is 0.000000247. The minimum atomic E-state index is 0.194. The zero-order chi connectivity index (χ0) is 12.9. The van der Waals surface area contributed by atoms with Gasteiger partial charge < -0.3 is 0 Å². The van der Waals surface area contributed by atoms with E-state index in [1.54, 1.807) is 0 Å². The van der Waals surface area contributed by atoms with Crippen molar-refractivity contribution in [1.82, 2.24) is 0 Å². The van der Waals surface area contributed by atoms with E-state index in [0.717, 1.165) is 5.02 Å². The number of halogens is 3. The smallest absolute Gasteiger partial charge is 0.0967 e.